The van der Waals surface area contributed by atoms with E-state index in [9.17, 15) is 13.2 Å². The van der Waals surface area contributed by atoms with Crippen LogP contribution in [0.1, 0.15) is 6.92 Å². The van der Waals surface area contributed by atoms with E-state index in [2.05, 4.69) is 11.9 Å². The molecule has 0 aliphatic carbocycles. The molecule has 2 nitrogen and oxygen atoms in total. The van der Waals surface area contributed by atoms with Crippen molar-refractivity contribution in [3.63, 3.8) is 0 Å². The van der Waals surface area contributed by atoms with Crippen LogP contribution in [0.5, 0.6) is 0 Å². The summed E-state index contributed by atoms with van der Waals surface area (Å²) in [5.41, 5.74) is 0.272. The summed E-state index contributed by atoms with van der Waals surface area (Å²) in [6.07, 6.45) is -1.89. The Morgan fingerprint density at radius 2 is 2.00 bits per heavy atom. The minimum Gasteiger partial charge on any atom is -0.386 e. The monoisotopic (exact) mass is 218 g/mol. The van der Waals surface area contributed by atoms with Gasteiger partial charge < -0.3 is 10.2 Å². The van der Waals surface area contributed by atoms with Gasteiger partial charge in [0.05, 0.1) is 11.4 Å². The standard InChI is InChI=1S/C10H13F3N2/c1-4-15-7(2)8(14-3)5-6-9(15)10(11,12)13/h5-6,14H,2,4H2,1,3H3. The first-order valence-electron chi connectivity index (χ1n) is 4.55. The number of alkyl halides is 3. The van der Waals surface area contributed by atoms with Crippen LogP contribution in [0.15, 0.2) is 35.8 Å². The van der Waals surface area contributed by atoms with E-state index >= 15 is 0 Å². The molecule has 0 atom stereocenters. The van der Waals surface area contributed by atoms with Crippen LogP contribution in [0.3, 0.4) is 0 Å². The topological polar surface area (TPSA) is 15.3 Å². The van der Waals surface area contributed by atoms with Crippen molar-refractivity contribution in [1.82, 2.24) is 10.2 Å². The number of hydrogen-bond donors (Lipinski definition) is 1. The van der Waals surface area contributed by atoms with Crippen molar-refractivity contribution in [2.45, 2.75) is 13.1 Å². The maximum absolute atomic E-state index is 12.6. The first-order valence-corrected chi connectivity index (χ1v) is 4.55. The molecule has 1 heterocycles. The molecule has 0 aromatic carbocycles. The number of allylic oxidation sites excluding steroid dienone is 3. The Hall–Kier alpha value is -1.39. The lowest BCUT2D eigenvalue weighted by Gasteiger charge is -2.32. The molecule has 1 aliphatic rings. The van der Waals surface area contributed by atoms with E-state index in [4.69, 9.17) is 0 Å². The fourth-order valence-electron chi connectivity index (χ4n) is 1.48. The molecule has 0 aromatic heterocycles. The van der Waals surface area contributed by atoms with Crippen molar-refractivity contribution < 1.29 is 13.2 Å². The summed E-state index contributed by atoms with van der Waals surface area (Å²) >= 11 is 0. The second kappa shape index (κ2) is 4.00. The molecule has 0 saturated heterocycles. The Balaban J connectivity index is 3.11. The third kappa shape index (κ3) is 2.16. The largest absolute Gasteiger partial charge is 0.431 e. The normalized spacial score (nSPS) is 17.4. The predicted octanol–water partition coefficient (Wildman–Crippen LogP) is 2.39. The van der Waals surface area contributed by atoms with Gasteiger partial charge in [0, 0.05) is 13.6 Å². The molecule has 0 saturated carbocycles. The van der Waals surface area contributed by atoms with E-state index in [1.165, 1.54) is 6.08 Å². The first-order chi connectivity index (χ1) is 6.91. The van der Waals surface area contributed by atoms with Gasteiger partial charge in [0.1, 0.15) is 5.70 Å². The minimum atomic E-state index is -4.34. The molecule has 15 heavy (non-hydrogen) atoms. The number of nitrogens with one attached hydrogen (secondary N) is 1. The third-order valence-electron chi connectivity index (χ3n) is 2.21. The summed E-state index contributed by atoms with van der Waals surface area (Å²) in [6, 6.07) is 0. The number of hydrogen-bond acceptors (Lipinski definition) is 2. The minimum absolute atomic E-state index is 0.239. The Bertz CT molecular complexity index is 326. The molecule has 5 heteroatoms. The number of nitrogens with zero attached hydrogens (tertiary/aromatic N) is 1. The zero-order valence-corrected chi connectivity index (χ0v) is 8.65. The average molecular weight is 218 g/mol. The van der Waals surface area contributed by atoms with Crippen LogP contribution >= 0.6 is 0 Å². The van der Waals surface area contributed by atoms with Crippen molar-refractivity contribution >= 4 is 0 Å². The van der Waals surface area contributed by atoms with Crippen molar-refractivity contribution in [2.24, 2.45) is 0 Å². The Morgan fingerprint density at radius 3 is 2.40 bits per heavy atom. The van der Waals surface area contributed by atoms with Crippen LogP contribution in [0.25, 0.3) is 0 Å². The summed E-state index contributed by atoms with van der Waals surface area (Å²) < 4.78 is 37.7. The van der Waals surface area contributed by atoms with Gasteiger partial charge >= 0.3 is 6.18 Å². The molecule has 0 spiro atoms. The van der Waals surface area contributed by atoms with Gasteiger partial charge in [-0.05, 0) is 19.1 Å². The number of rotatable bonds is 2. The van der Waals surface area contributed by atoms with Gasteiger partial charge in [-0.3, -0.25) is 0 Å². The lowest BCUT2D eigenvalue weighted by molar-refractivity contribution is -0.108. The van der Waals surface area contributed by atoms with E-state index in [1.54, 1.807) is 14.0 Å². The highest BCUT2D eigenvalue weighted by molar-refractivity contribution is 5.39. The van der Waals surface area contributed by atoms with Gasteiger partial charge in [-0.1, -0.05) is 6.58 Å². The molecule has 1 rings (SSSR count). The van der Waals surface area contributed by atoms with Crippen molar-refractivity contribution in [2.75, 3.05) is 13.6 Å². The van der Waals surface area contributed by atoms with Gasteiger partial charge in [-0.2, -0.15) is 13.2 Å². The average Bonchev–Trinajstić information content (AvgIpc) is 2.15. The summed E-state index contributed by atoms with van der Waals surface area (Å²) in [5.74, 6) is 0. The number of halogens is 3. The smallest absolute Gasteiger partial charge is 0.386 e. The zero-order valence-electron chi connectivity index (χ0n) is 8.65. The summed E-state index contributed by atoms with van der Waals surface area (Å²) in [6.45, 7) is 5.53. The lowest BCUT2D eigenvalue weighted by atomic mass is 10.1. The molecule has 1 N–H and O–H groups in total. The highest BCUT2D eigenvalue weighted by atomic mass is 19.4. The molecular weight excluding hydrogens is 205 g/mol. The highest BCUT2D eigenvalue weighted by Gasteiger charge is 2.39. The van der Waals surface area contributed by atoms with Gasteiger partial charge in [0.2, 0.25) is 0 Å². The molecule has 0 unspecified atom stereocenters. The van der Waals surface area contributed by atoms with Gasteiger partial charge in [-0.15, -0.1) is 0 Å². The highest BCUT2D eigenvalue weighted by Crippen LogP contribution is 2.34. The van der Waals surface area contributed by atoms with Crippen LogP contribution in [0.2, 0.25) is 0 Å². The van der Waals surface area contributed by atoms with Crippen molar-refractivity contribution in [3.8, 4) is 0 Å². The van der Waals surface area contributed by atoms with E-state index < -0.39 is 11.9 Å². The van der Waals surface area contributed by atoms with Gasteiger partial charge in [-0.25, -0.2) is 0 Å². The molecule has 0 fully saturated rings. The molecule has 0 aromatic rings. The SMILES string of the molecule is C=C1C(NC)=CC=C(C(F)(F)F)N1CC. The van der Waals surface area contributed by atoms with E-state index in [0.717, 1.165) is 11.0 Å². The second-order valence-corrected chi connectivity index (χ2v) is 3.07. The van der Waals surface area contributed by atoms with Gasteiger partial charge in [0.15, 0.2) is 0 Å². The maximum atomic E-state index is 12.6. The Morgan fingerprint density at radius 1 is 1.40 bits per heavy atom. The lowest BCUT2D eigenvalue weighted by Crippen LogP contribution is -2.35. The van der Waals surface area contributed by atoms with Crippen LogP contribution < -0.4 is 5.32 Å². The second-order valence-electron chi connectivity index (χ2n) is 3.07. The first kappa shape index (κ1) is 11.7. The molecule has 1 aliphatic heterocycles. The summed E-state index contributed by atoms with van der Waals surface area (Å²) in [4.78, 5) is 1.14. The fourth-order valence-corrected chi connectivity index (χ4v) is 1.48. The summed E-state index contributed by atoms with van der Waals surface area (Å²) in [5, 5.41) is 2.80. The number of likely N-dealkylation sites (N-methyl/N-ethyl adjacent to an activating group) is 2. The van der Waals surface area contributed by atoms with Gasteiger partial charge in [0.25, 0.3) is 0 Å². The summed E-state index contributed by atoms with van der Waals surface area (Å²) in [7, 11) is 1.65. The molecule has 84 valence electrons. The predicted molar refractivity (Wildman–Crippen MR) is 52.8 cm³/mol. The quantitative estimate of drug-likeness (QED) is 0.765. The Kier molecular flexibility index (Phi) is 3.12. The van der Waals surface area contributed by atoms with E-state index in [1.807, 2.05) is 0 Å². The fraction of sp³-hybridized carbons (Fsp3) is 0.400. The zero-order chi connectivity index (χ0) is 11.6. The van der Waals surface area contributed by atoms with E-state index in [0.29, 0.717) is 11.4 Å². The molecule has 0 amide bonds. The maximum Gasteiger partial charge on any atom is 0.431 e. The van der Waals surface area contributed by atoms with Crippen molar-refractivity contribution in [1.29, 1.82) is 0 Å². The van der Waals surface area contributed by atoms with E-state index in [-0.39, 0.29) is 6.54 Å². The molecule has 0 radical (unpaired) electrons. The molecule has 0 bridgehead atoms. The van der Waals surface area contributed by atoms with Crippen LogP contribution in [-0.4, -0.2) is 24.7 Å². The third-order valence-corrected chi connectivity index (χ3v) is 2.21. The van der Waals surface area contributed by atoms with Crippen LogP contribution in [0.4, 0.5) is 13.2 Å². The Labute approximate surface area is 86.8 Å². The molecular formula is C10H13F3N2. The van der Waals surface area contributed by atoms with Crippen LogP contribution in [0, 0.1) is 0 Å². The van der Waals surface area contributed by atoms with Crippen LogP contribution in [-0.2, 0) is 0 Å². The van der Waals surface area contributed by atoms with Crippen molar-refractivity contribution in [3.05, 3.63) is 35.8 Å².